The van der Waals surface area contributed by atoms with Crippen molar-refractivity contribution < 1.29 is 13.5 Å². The minimum absolute atomic E-state index is 0.00424. The number of halogens is 1. The highest BCUT2D eigenvalue weighted by molar-refractivity contribution is 7.90. The fraction of sp³-hybridized carbons (Fsp3) is 0.0476. The van der Waals surface area contributed by atoms with E-state index in [1.807, 2.05) is 6.07 Å². The fourth-order valence-electron chi connectivity index (χ4n) is 2.95. The number of aromatic nitrogens is 2. The lowest BCUT2D eigenvalue weighted by Gasteiger charge is -2.14. The van der Waals surface area contributed by atoms with Crippen LogP contribution in [0.5, 0.6) is 5.75 Å². The Balaban J connectivity index is 1.81. The number of para-hydroxylation sites is 2. The molecule has 0 aliphatic heterocycles. The van der Waals surface area contributed by atoms with E-state index < -0.39 is 15.6 Å². The molecule has 0 aliphatic carbocycles. The summed E-state index contributed by atoms with van der Waals surface area (Å²) in [6.45, 7) is 0. The number of rotatable bonds is 5. The van der Waals surface area contributed by atoms with Gasteiger partial charge in [0.25, 0.3) is 0 Å². The second-order valence-electron chi connectivity index (χ2n) is 6.63. The molecule has 0 fully saturated rings. The van der Waals surface area contributed by atoms with Crippen molar-refractivity contribution in [3.8, 4) is 5.75 Å². The van der Waals surface area contributed by atoms with E-state index in [2.05, 4.69) is 15.3 Å². The van der Waals surface area contributed by atoms with E-state index in [0.717, 1.165) is 0 Å². The summed E-state index contributed by atoms with van der Waals surface area (Å²) in [5, 5.41) is 13.1. The largest absolute Gasteiger partial charge is 0.508 e. The maximum atomic E-state index is 13.0. The van der Waals surface area contributed by atoms with Gasteiger partial charge in [0.15, 0.2) is 15.7 Å². The number of phenols is 1. The number of fused-ring (bicyclic) bond motifs is 1. The van der Waals surface area contributed by atoms with Gasteiger partial charge in [-0.25, -0.2) is 18.4 Å². The second kappa shape index (κ2) is 7.81. The summed E-state index contributed by atoms with van der Waals surface area (Å²) in [6.07, 6.45) is 0. The number of hydrogen-bond donors (Lipinski definition) is 3. The van der Waals surface area contributed by atoms with E-state index in [4.69, 9.17) is 17.3 Å². The van der Waals surface area contributed by atoms with Gasteiger partial charge in [0.05, 0.1) is 32.3 Å². The number of benzene rings is 3. The molecule has 30 heavy (non-hydrogen) atoms. The highest BCUT2D eigenvalue weighted by atomic mass is 35.5. The second-order valence-corrected chi connectivity index (χ2v) is 9.03. The predicted molar refractivity (Wildman–Crippen MR) is 118 cm³/mol. The molecule has 0 aliphatic rings. The highest BCUT2D eigenvalue weighted by Gasteiger charge is 2.21. The van der Waals surface area contributed by atoms with Crippen molar-refractivity contribution in [1.82, 2.24) is 9.97 Å². The quantitative estimate of drug-likeness (QED) is 0.396. The van der Waals surface area contributed by atoms with Crippen molar-refractivity contribution in [1.29, 1.82) is 0 Å². The van der Waals surface area contributed by atoms with Gasteiger partial charge < -0.3 is 16.2 Å². The Morgan fingerprint density at radius 3 is 2.43 bits per heavy atom. The normalized spacial score (nSPS) is 11.5. The number of aromatic hydroxyl groups is 1. The van der Waals surface area contributed by atoms with Crippen LogP contribution in [-0.2, 0) is 15.6 Å². The molecule has 1 heterocycles. The molecular weight excluding hydrogens is 424 g/mol. The molecule has 9 heteroatoms. The third kappa shape index (κ3) is 4.14. The van der Waals surface area contributed by atoms with Gasteiger partial charge in [-0.15, -0.1) is 0 Å². The molecule has 3 aromatic carbocycles. The first-order valence-electron chi connectivity index (χ1n) is 8.91. The van der Waals surface area contributed by atoms with E-state index in [0.29, 0.717) is 27.4 Å². The Morgan fingerprint density at radius 2 is 1.70 bits per heavy atom. The lowest BCUT2D eigenvalue weighted by atomic mass is 10.2. The molecule has 0 saturated carbocycles. The summed E-state index contributed by atoms with van der Waals surface area (Å²) in [4.78, 5) is 9.15. The van der Waals surface area contributed by atoms with Crippen LogP contribution in [0.4, 0.5) is 17.2 Å². The van der Waals surface area contributed by atoms with Crippen LogP contribution in [0.1, 0.15) is 5.69 Å². The SMILES string of the molecule is Nc1cccc(S(=O)(=O)Cc2nc3ccccc3nc2Nc2cc(O)ccc2Cl)c1. The first-order chi connectivity index (χ1) is 14.3. The van der Waals surface area contributed by atoms with Gasteiger partial charge in [0, 0.05) is 11.8 Å². The molecule has 4 rings (SSSR count). The maximum Gasteiger partial charge on any atom is 0.184 e. The number of hydrogen-bond acceptors (Lipinski definition) is 7. The van der Waals surface area contributed by atoms with Crippen molar-refractivity contribution in [2.45, 2.75) is 10.6 Å². The van der Waals surface area contributed by atoms with Crippen LogP contribution >= 0.6 is 11.6 Å². The summed E-state index contributed by atoms with van der Waals surface area (Å²) in [6, 6.07) is 17.6. The average molecular weight is 441 g/mol. The number of sulfone groups is 1. The van der Waals surface area contributed by atoms with Crippen LogP contribution in [0.15, 0.2) is 71.6 Å². The predicted octanol–water partition coefficient (Wildman–Crippen LogP) is 4.29. The van der Waals surface area contributed by atoms with Crippen molar-refractivity contribution in [3.63, 3.8) is 0 Å². The van der Waals surface area contributed by atoms with E-state index in [1.165, 1.54) is 30.3 Å². The number of nitrogens with two attached hydrogens (primary N) is 1. The third-order valence-electron chi connectivity index (χ3n) is 4.39. The molecule has 0 atom stereocenters. The zero-order chi connectivity index (χ0) is 21.3. The van der Waals surface area contributed by atoms with Gasteiger partial charge in [-0.1, -0.05) is 29.8 Å². The number of nitrogen functional groups attached to an aromatic ring is 1. The van der Waals surface area contributed by atoms with Crippen LogP contribution < -0.4 is 11.1 Å². The number of nitrogens with zero attached hydrogens (tertiary/aromatic N) is 2. The molecule has 0 unspecified atom stereocenters. The summed E-state index contributed by atoms with van der Waals surface area (Å²) in [7, 11) is -3.74. The highest BCUT2D eigenvalue weighted by Crippen LogP contribution is 2.31. The smallest absolute Gasteiger partial charge is 0.184 e. The minimum Gasteiger partial charge on any atom is -0.508 e. The van der Waals surface area contributed by atoms with Gasteiger partial charge >= 0.3 is 0 Å². The van der Waals surface area contributed by atoms with Gasteiger partial charge in [-0.05, 0) is 42.5 Å². The van der Waals surface area contributed by atoms with Crippen LogP contribution in [0.25, 0.3) is 11.0 Å². The Morgan fingerprint density at radius 1 is 0.967 bits per heavy atom. The van der Waals surface area contributed by atoms with Crippen molar-refractivity contribution in [2.75, 3.05) is 11.1 Å². The van der Waals surface area contributed by atoms with Gasteiger partial charge in [0.2, 0.25) is 0 Å². The molecule has 0 spiro atoms. The van der Waals surface area contributed by atoms with E-state index in [1.54, 1.807) is 30.3 Å². The first-order valence-corrected chi connectivity index (χ1v) is 10.9. The van der Waals surface area contributed by atoms with E-state index >= 15 is 0 Å². The number of nitrogens with one attached hydrogen (secondary N) is 1. The van der Waals surface area contributed by atoms with Crippen LogP contribution in [0, 0.1) is 0 Å². The van der Waals surface area contributed by atoms with E-state index in [9.17, 15) is 13.5 Å². The van der Waals surface area contributed by atoms with E-state index in [-0.39, 0.29) is 22.2 Å². The first kappa shape index (κ1) is 19.9. The summed E-state index contributed by atoms with van der Waals surface area (Å²) >= 11 is 6.21. The van der Waals surface area contributed by atoms with Crippen molar-refractivity contribution >= 4 is 49.7 Å². The molecular formula is C21H17ClN4O3S. The zero-order valence-corrected chi connectivity index (χ0v) is 17.2. The summed E-state index contributed by atoms with van der Waals surface area (Å²) in [5.41, 5.74) is 7.83. The number of anilines is 3. The Kier molecular flexibility index (Phi) is 5.19. The lowest BCUT2D eigenvalue weighted by molar-refractivity contribution is 0.475. The summed E-state index contributed by atoms with van der Waals surface area (Å²) < 4.78 is 26.0. The monoisotopic (exact) mass is 440 g/mol. The van der Waals surface area contributed by atoms with Crippen LogP contribution in [0.3, 0.4) is 0 Å². The molecule has 0 amide bonds. The van der Waals surface area contributed by atoms with Gasteiger partial charge in [-0.2, -0.15) is 0 Å². The molecule has 0 radical (unpaired) electrons. The standard InChI is InChI=1S/C21H17ClN4O3S/c22-16-9-8-14(27)11-19(16)26-21-20(24-17-6-1-2-7-18(17)25-21)12-30(28,29)15-5-3-4-13(23)10-15/h1-11,27H,12,23H2,(H,25,26). The van der Waals surface area contributed by atoms with Crippen molar-refractivity contribution in [3.05, 3.63) is 77.4 Å². The number of phenolic OH excluding ortho intramolecular Hbond substituents is 1. The fourth-order valence-corrected chi connectivity index (χ4v) is 4.44. The average Bonchev–Trinajstić information content (AvgIpc) is 2.71. The molecule has 4 N–H and O–H groups in total. The minimum atomic E-state index is -3.74. The van der Waals surface area contributed by atoms with Crippen LogP contribution in [-0.4, -0.2) is 23.5 Å². The Bertz CT molecular complexity index is 1360. The topological polar surface area (TPSA) is 118 Å². The molecule has 0 bridgehead atoms. The summed E-state index contributed by atoms with van der Waals surface area (Å²) in [5.74, 6) is -0.161. The Labute approximate surface area is 178 Å². The Hall–Kier alpha value is -3.36. The maximum absolute atomic E-state index is 13.0. The zero-order valence-electron chi connectivity index (χ0n) is 15.6. The molecule has 152 valence electrons. The molecule has 4 aromatic rings. The molecule has 1 aromatic heterocycles. The third-order valence-corrected chi connectivity index (χ3v) is 6.34. The van der Waals surface area contributed by atoms with Gasteiger partial charge in [0.1, 0.15) is 11.5 Å². The van der Waals surface area contributed by atoms with Crippen LogP contribution in [0.2, 0.25) is 5.02 Å². The molecule has 0 saturated heterocycles. The molecule has 7 nitrogen and oxygen atoms in total. The van der Waals surface area contributed by atoms with Crippen molar-refractivity contribution in [2.24, 2.45) is 0 Å². The van der Waals surface area contributed by atoms with Gasteiger partial charge in [-0.3, -0.25) is 0 Å². The lowest BCUT2D eigenvalue weighted by Crippen LogP contribution is -2.11.